The van der Waals surface area contributed by atoms with Gasteiger partial charge in [-0.05, 0) is 29.4 Å². The smallest absolute Gasteiger partial charge is 0.160 e. The molecule has 0 fully saturated rings. The molecule has 0 amide bonds. The maximum atomic E-state index is 5.79. The Bertz CT molecular complexity index is 663. The summed E-state index contributed by atoms with van der Waals surface area (Å²) in [6.07, 6.45) is 1.79. The topological polar surface area (TPSA) is 89.9 Å². The van der Waals surface area contributed by atoms with Crippen LogP contribution in [0.5, 0.6) is 0 Å². The second kappa shape index (κ2) is 4.26. The molecular formula is C11H11N5OS. The number of hydrogen-bond acceptors (Lipinski definition) is 7. The van der Waals surface area contributed by atoms with Crippen LogP contribution in [0.2, 0.25) is 0 Å². The van der Waals surface area contributed by atoms with E-state index < -0.39 is 0 Å². The average Bonchev–Trinajstić information content (AvgIpc) is 3.01. The fourth-order valence-electron chi connectivity index (χ4n) is 1.75. The van der Waals surface area contributed by atoms with Gasteiger partial charge in [-0.3, -0.25) is 0 Å². The van der Waals surface area contributed by atoms with Crippen molar-refractivity contribution in [2.45, 2.75) is 13.0 Å². The van der Waals surface area contributed by atoms with Crippen LogP contribution in [0.4, 0.5) is 11.4 Å². The van der Waals surface area contributed by atoms with Crippen molar-refractivity contribution in [3.63, 3.8) is 0 Å². The number of benzene rings is 1. The number of nitrogens with two attached hydrogens (primary N) is 1. The van der Waals surface area contributed by atoms with Crippen molar-refractivity contribution in [2.24, 2.45) is 0 Å². The highest BCUT2D eigenvalue weighted by molar-refractivity contribution is 7.09. The van der Waals surface area contributed by atoms with E-state index in [9.17, 15) is 0 Å². The van der Waals surface area contributed by atoms with Crippen molar-refractivity contribution in [2.75, 3.05) is 11.1 Å². The van der Waals surface area contributed by atoms with Crippen molar-refractivity contribution in [1.29, 1.82) is 0 Å². The monoisotopic (exact) mass is 261 g/mol. The fourth-order valence-corrected chi connectivity index (χ4v) is 2.39. The SMILES string of the molecule is CC(Nc1ccc(N)c2nonc12)c1nccs1. The molecule has 0 aliphatic heterocycles. The van der Waals surface area contributed by atoms with Gasteiger partial charge in [-0.1, -0.05) is 0 Å². The lowest BCUT2D eigenvalue weighted by atomic mass is 10.2. The number of nitrogens with one attached hydrogen (secondary N) is 1. The third-order valence-electron chi connectivity index (χ3n) is 2.64. The molecule has 7 heteroatoms. The highest BCUT2D eigenvalue weighted by Gasteiger charge is 2.13. The van der Waals surface area contributed by atoms with Crippen molar-refractivity contribution >= 4 is 33.7 Å². The van der Waals surface area contributed by atoms with Crippen LogP contribution in [0.15, 0.2) is 28.3 Å². The summed E-state index contributed by atoms with van der Waals surface area (Å²) in [4.78, 5) is 4.27. The zero-order chi connectivity index (χ0) is 12.5. The standard InChI is InChI=1S/C11H11N5OS/c1-6(11-13-4-5-18-11)14-8-3-2-7(12)9-10(8)16-17-15-9/h2-6,14H,12H2,1H3. The summed E-state index contributed by atoms with van der Waals surface area (Å²) in [5.41, 5.74) is 8.40. The molecule has 0 aliphatic carbocycles. The van der Waals surface area contributed by atoms with Gasteiger partial charge in [0.05, 0.1) is 17.4 Å². The first kappa shape index (κ1) is 11.0. The van der Waals surface area contributed by atoms with Crippen LogP contribution < -0.4 is 11.1 Å². The van der Waals surface area contributed by atoms with E-state index in [1.807, 2.05) is 18.4 Å². The van der Waals surface area contributed by atoms with E-state index in [0.29, 0.717) is 16.7 Å². The van der Waals surface area contributed by atoms with Gasteiger partial charge in [0, 0.05) is 11.6 Å². The Morgan fingerprint density at radius 3 is 2.94 bits per heavy atom. The molecule has 0 saturated carbocycles. The Balaban J connectivity index is 1.96. The van der Waals surface area contributed by atoms with Crippen molar-refractivity contribution < 1.29 is 4.63 Å². The second-order valence-corrected chi connectivity index (χ2v) is 4.83. The predicted molar refractivity (Wildman–Crippen MR) is 70.4 cm³/mol. The number of aromatic nitrogens is 3. The Labute approximate surface area is 107 Å². The van der Waals surface area contributed by atoms with Gasteiger partial charge in [-0.25, -0.2) is 9.61 Å². The third-order valence-corrected chi connectivity index (χ3v) is 3.60. The third kappa shape index (κ3) is 1.78. The minimum Gasteiger partial charge on any atom is -0.397 e. The maximum Gasteiger partial charge on any atom is 0.160 e. The molecule has 1 aromatic carbocycles. The van der Waals surface area contributed by atoms with Gasteiger partial charge < -0.3 is 11.1 Å². The highest BCUT2D eigenvalue weighted by atomic mass is 32.1. The van der Waals surface area contributed by atoms with Gasteiger partial charge in [-0.15, -0.1) is 11.3 Å². The molecule has 2 aromatic heterocycles. The van der Waals surface area contributed by atoms with Crippen LogP contribution >= 0.6 is 11.3 Å². The predicted octanol–water partition coefficient (Wildman–Crippen LogP) is 2.43. The quantitative estimate of drug-likeness (QED) is 0.704. The van der Waals surface area contributed by atoms with E-state index in [4.69, 9.17) is 10.4 Å². The molecule has 1 unspecified atom stereocenters. The molecule has 3 aromatic rings. The molecule has 18 heavy (non-hydrogen) atoms. The number of nitrogens with zero attached hydrogens (tertiary/aromatic N) is 3. The molecule has 0 bridgehead atoms. The van der Waals surface area contributed by atoms with Crippen LogP contribution in [-0.2, 0) is 0 Å². The number of fused-ring (bicyclic) bond motifs is 1. The lowest BCUT2D eigenvalue weighted by molar-refractivity contribution is 0.315. The first-order valence-electron chi connectivity index (χ1n) is 5.42. The average molecular weight is 261 g/mol. The van der Waals surface area contributed by atoms with Crippen LogP contribution in [-0.4, -0.2) is 15.3 Å². The first-order valence-corrected chi connectivity index (χ1v) is 6.30. The molecule has 3 rings (SSSR count). The Hall–Kier alpha value is -2.15. The highest BCUT2D eigenvalue weighted by Crippen LogP contribution is 2.28. The van der Waals surface area contributed by atoms with Crippen LogP contribution in [0.1, 0.15) is 18.0 Å². The zero-order valence-electron chi connectivity index (χ0n) is 9.62. The summed E-state index contributed by atoms with van der Waals surface area (Å²) in [5, 5.41) is 13.9. The van der Waals surface area contributed by atoms with Gasteiger partial charge in [0.15, 0.2) is 11.0 Å². The van der Waals surface area contributed by atoms with Crippen LogP contribution in [0.25, 0.3) is 11.0 Å². The van der Waals surface area contributed by atoms with E-state index in [1.165, 1.54) is 0 Å². The molecular weight excluding hydrogens is 250 g/mol. The van der Waals surface area contributed by atoms with E-state index >= 15 is 0 Å². The largest absolute Gasteiger partial charge is 0.397 e. The van der Waals surface area contributed by atoms with E-state index in [1.54, 1.807) is 23.6 Å². The Morgan fingerprint density at radius 1 is 1.33 bits per heavy atom. The molecule has 92 valence electrons. The number of rotatable bonds is 3. The normalized spacial score (nSPS) is 12.7. The van der Waals surface area contributed by atoms with E-state index in [-0.39, 0.29) is 6.04 Å². The molecule has 3 N–H and O–H groups in total. The molecule has 0 aliphatic rings. The fraction of sp³-hybridized carbons (Fsp3) is 0.182. The second-order valence-electron chi connectivity index (χ2n) is 3.90. The Kier molecular flexibility index (Phi) is 2.60. The molecule has 0 radical (unpaired) electrons. The number of hydrogen-bond donors (Lipinski definition) is 2. The molecule has 1 atom stereocenters. The zero-order valence-corrected chi connectivity index (χ0v) is 10.4. The van der Waals surface area contributed by atoms with Crippen molar-refractivity contribution in [3.8, 4) is 0 Å². The van der Waals surface area contributed by atoms with Gasteiger partial charge in [0.2, 0.25) is 0 Å². The van der Waals surface area contributed by atoms with Gasteiger partial charge >= 0.3 is 0 Å². The van der Waals surface area contributed by atoms with Gasteiger partial charge in [-0.2, -0.15) is 0 Å². The molecule has 6 nitrogen and oxygen atoms in total. The summed E-state index contributed by atoms with van der Waals surface area (Å²) in [5.74, 6) is 0. The van der Waals surface area contributed by atoms with E-state index in [0.717, 1.165) is 10.7 Å². The molecule has 0 spiro atoms. The lowest BCUT2D eigenvalue weighted by Gasteiger charge is -2.12. The van der Waals surface area contributed by atoms with Crippen molar-refractivity contribution in [3.05, 3.63) is 28.7 Å². The summed E-state index contributed by atoms with van der Waals surface area (Å²) < 4.78 is 4.73. The summed E-state index contributed by atoms with van der Waals surface area (Å²) in [6, 6.07) is 3.74. The van der Waals surface area contributed by atoms with Crippen LogP contribution in [0.3, 0.4) is 0 Å². The number of thiazole rings is 1. The summed E-state index contributed by atoms with van der Waals surface area (Å²) in [6.45, 7) is 2.04. The molecule has 0 saturated heterocycles. The number of anilines is 2. The molecule has 2 heterocycles. The minimum atomic E-state index is 0.0912. The van der Waals surface area contributed by atoms with Gasteiger partial charge in [0.25, 0.3) is 0 Å². The van der Waals surface area contributed by atoms with Crippen LogP contribution in [0, 0.1) is 0 Å². The maximum absolute atomic E-state index is 5.79. The van der Waals surface area contributed by atoms with E-state index in [2.05, 4.69) is 20.6 Å². The Morgan fingerprint density at radius 2 is 2.17 bits per heavy atom. The van der Waals surface area contributed by atoms with Crippen molar-refractivity contribution in [1.82, 2.24) is 15.3 Å². The lowest BCUT2D eigenvalue weighted by Crippen LogP contribution is -2.06. The summed E-state index contributed by atoms with van der Waals surface area (Å²) >= 11 is 1.60. The number of nitrogen functional groups attached to an aromatic ring is 1. The summed E-state index contributed by atoms with van der Waals surface area (Å²) in [7, 11) is 0. The minimum absolute atomic E-state index is 0.0912. The van der Waals surface area contributed by atoms with Gasteiger partial charge in [0.1, 0.15) is 5.01 Å². The first-order chi connectivity index (χ1) is 8.75.